The first-order valence-corrected chi connectivity index (χ1v) is 7.90. The number of aromatic nitrogens is 2. The Kier molecular flexibility index (Phi) is 7.74. The molecule has 0 saturated heterocycles. The van der Waals surface area contributed by atoms with Crippen LogP contribution in [0.3, 0.4) is 0 Å². The highest BCUT2D eigenvalue weighted by Crippen LogP contribution is 2.15. The molecule has 7 nitrogen and oxygen atoms in total. The Morgan fingerprint density at radius 3 is 2.52 bits per heavy atom. The Morgan fingerprint density at radius 2 is 1.91 bits per heavy atom. The molecule has 0 aliphatic rings. The Hall–Kier alpha value is -1.89. The van der Waals surface area contributed by atoms with Gasteiger partial charge in [0.25, 0.3) is 0 Å². The highest BCUT2D eigenvalue weighted by molar-refractivity contribution is 5.85. The predicted molar refractivity (Wildman–Crippen MR) is 88.1 cm³/mol. The first-order chi connectivity index (χ1) is 10.8. The summed E-state index contributed by atoms with van der Waals surface area (Å²) in [6.07, 6.45) is 0.237. The van der Waals surface area contributed by atoms with Gasteiger partial charge in [0.1, 0.15) is 0 Å². The highest BCUT2D eigenvalue weighted by atomic mass is 16.5. The summed E-state index contributed by atoms with van der Waals surface area (Å²) in [6, 6.07) is 0. The summed E-state index contributed by atoms with van der Waals surface area (Å²) in [4.78, 5) is 23.6. The van der Waals surface area contributed by atoms with Gasteiger partial charge in [0.2, 0.25) is 11.8 Å². The van der Waals surface area contributed by atoms with Crippen LogP contribution in [0.5, 0.6) is 0 Å². The van der Waals surface area contributed by atoms with Crippen LogP contribution in [0.15, 0.2) is 0 Å². The van der Waals surface area contributed by atoms with Gasteiger partial charge in [-0.1, -0.05) is 13.8 Å². The lowest BCUT2D eigenvalue weighted by Gasteiger charge is -2.09. The van der Waals surface area contributed by atoms with E-state index in [1.54, 1.807) is 7.11 Å². The molecular weight excluding hydrogens is 296 g/mol. The number of carbonyl (C=O) groups excluding carboxylic acids is 2. The molecule has 1 aromatic heterocycles. The minimum atomic E-state index is -0.223. The van der Waals surface area contributed by atoms with E-state index in [1.165, 1.54) is 0 Å². The molecule has 0 atom stereocenters. The summed E-state index contributed by atoms with van der Waals surface area (Å²) in [5, 5.41) is 9.78. The zero-order chi connectivity index (χ0) is 17.4. The number of aryl methyl sites for hydroxylation is 1. The van der Waals surface area contributed by atoms with Crippen molar-refractivity contribution in [2.45, 2.75) is 40.7 Å². The van der Waals surface area contributed by atoms with Gasteiger partial charge in [0.05, 0.1) is 25.3 Å². The summed E-state index contributed by atoms with van der Waals surface area (Å²) in [7, 11) is 1.57. The molecule has 0 aliphatic heterocycles. The Balaban J connectivity index is 2.51. The molecule has 1 rings (SSSR count). The Labute approximate surface area is 137 Å². The van der Waals surface area contributed by atoms with E-state index in [4.69, 9.17) is 4.74 Å². The van der Waals surface area contributed by atoms with E-state index < -0.39 is 0 Å². The quantitative estimate of drug-likeness (QED) is 0.651. The summed E-state index contributed by atoms with van der Waals surface area (Å²) in [5.41, 5.74) is 2.81. The summed E-state index contributed by atoms with van der Waals surface area (Å²) < 4.78 is 6.79. The number of hydrogen-bond donors (Lipinski definition) is 2. The van der Waals surface area contributed by atoms with Crippen molar-refractivity contribution in [1.82, 2.24) is 20.4 Å². The minimum Gasteiger partial charge on any atom is -0.383 e. The van der Waals surface area contributed by atoms with Gasteiger partial charge >= 0.3 is 0 Å². The van der Waals surface area contributed by atoms with Gasteiger partial charge < -0.3 is 15.4 Å². The number of methoxy groups -OCH3 is 1. The lowest BCUT2D eigenvalue weighted by Crippen LogP contribution is -2.38. The number of nitrogens with one attached hydrogen (secondary N) is 2. The van der Waals surface area contributed by atoms with Crippen molar-refractivity contribution < 1.29 is 14.3 Å². The molecule has 1 heterocycles. The number of amides is 2. The topological polar surface area (TPSA) is 85.2 Å². The monoisotopic (exact) mass is 324 g/mol. The van der Waals surface area contributed by atoms with Crippen molar-refractivity contribution in [3.05, 3.63) is 17.0 Å². The number of ether oxygens (including phenoxy) is 1. The summed E-state index contributed by atoms with van der Waals surface area (Å²) in [6.45, 7) is 9.83. The molecule has 7 heteroatoms. The average Bonchev–Trinajstić information content (AvgIpc) is 2.72. The van der Waals surface area contributed by atoms with Crippen LogP contribution in [0.2, 0.25) is 0 Å². The van der Waals surface area contributed by atoms with Crippen molar-refractivity contribution in [1.29, 1.82) is 0 Å². The fourth-order valence-electron chi connectivity index (χ4n) is 2.27. The van der Waals surface area contributed by atoms with Crippen molar-refractivity contribution >= 4 is 11.8 Å². The smallest absolute Gasteiger partial charge is 0.239 e. The molecule has 0 spiro atoms. The highest BCUT2D eigenvalue weighted by Gasteiger charge is 2.16. The number of nitrogens with zero attached hydrogens (tertiary/aromatic N) is 2. The molecule has 1 aromatic rings. The van der Waals surface area contributed by atoms with E-state index in [-0.39, 0.29) is 24.8 Å². The lowest BCUT2D eigenvalue weighted by molar-refractivity contribution is -0.125. The van der Waals surface area contributed by atoms with Crippen LogP contribution in [0.1, 0.15) is 30.8 Å². The zero-order valence-corrected chi connectivity index (χ0v) is 14.7. The average molecular weight is 324 g/mol. The van der Waals surface area contributed by atoms with Crippen LogP contribution in [0.4, 0.5) is 0 Å². The molecule has 0 aliphatic carbocycles. The van der Waals surface area contributed by atoms with Crippen LogP contribution in [0.25, 0.3) is 0 Å². The zero-order valence-electron chi connectivity index (χ0n) is 14.7. The number of hydrogen-bond acceptors (Lipinski definition) is 4. The van der Waals surface area contributed by atoms with E-state index in [1.807, 2.05) is 18.5 Å². The maximum absolute atomic E-state index is 12.0. The largest absolute Gasteiger partial charge is 0.383 e. The summed E-state index contributed by atoms with van der Waals surface area (Å²) >= 11 is 0. The molecule has 0 bridgehead atoms. The van der Waals surface area contributed by atoms with Crippen LogP contribution in [-0.2, 0) is 27.3 Å². The van der Waals surface area contributed by atoms with Gasteiger partial charge in [-0.25, -0.2) is 0 Å². The van der Waals surface area contributed by atoms with Gasteiger partial charge in [0, 0.05) is 31.5 Å². The van der Waals surface area contributed by atoms with Gasteiger partial charge in [-0.3, -0.25) is 14.3 Å². The van der Waals surface area contributed by atoms with E-state index in [9.17, 15) is 9.59 Å². The minimum absolute atomic E-state index is 0.0270. The maximum Gasteiger partial charge on any atom is 0.239 e. The van der Waals surface area contributed by atoms with Crippen LogP contribution < -0.4 is 10.6 Å². The van der Waals surface area contributed by atoms with Gasteiger partial charge in [-0.15, -0.1) is 0 Å². The molecule has 2 amide bonds. The number of carbonyl (C=O) groups is 2. The van der Waals surface area contributed by atoms with Crippen LogP contribution in [-0.4, -0.2) is 48.4 Å². The SMILES string of the molecule is COCCNC(=O)CNC(=O)Cc1c(C)nn(CC(C)C)c1C. The van der Waals surface area contributed by atoms with Gasteiger partial charge in [-0.2, -0.15) is 5.10 Å². The molecule has 0 unspecified atom stereocenters. The first-order valence-electron chi connectivity index (χ1n) is 7.90. The van der Waals surface area contributed by atoms with Crippen molar-refractivity contribution in [2.24, 2.45) is 5.92 Å². The molecule has 0 saturated carbocycles. The fourth-order valence-corrected chi connectivity index (χ4v) is 2.27. The standard InChI is InChI=1S/C16H28N4O3/c1-11(2)10-20-13(4)14(12(3)19-20)8-15(21)18-9-16(22)17-6-7-23-5/h11H,6-10H2,1-5H3,(H,17,22)(H,18,21). The first kappa shape index (κ1) is 19.2. The third-order valence-corrected chi connectivity index (χ3v) is 3.48. The van der Waals surface area contributed by atoms with Crippen molar-refractivity contribution in [3.8, 4) is 0 Å². The molecule has 0 radical (unpaired) electrons. The second-order valence-electron chi connectivity index (χ2n) is 6.02. The Morgan fingerprint density at radius 1 is 1.22 bits per heavy atom. The molecular formula is C16H28N4O3. The van der Waals surface area contributed by atoms with Crippen molar-refractivity contribution in [2.75, 3.05) is 26.8 Å². The van der Waals surface area contributed by atoms with Gasteiger partial charge in [-0.05, 0) is 19.8 Å². The third-order valence-electron chi connectivity index (χ3n) is 3.48. The molecule has 0 aromatic carbocycles. The molecule has 23 heavy (non-hydrogen) atoms. The van der Waals surface area contributed by atoms with Crippen LogP contribution >= 0.6 is 0 Å². The van der Waals surface area contributed by atoms with E-state index in [0.717, 1.165) is 23.5 Å². The molecule has 130 valence electrons. The van der Waals surface area contributed by atoms with E-state index >= 15 is 0 Å². The Bertz CT molecular complexity index is 538. The van der Waals surface area contributed by atoms with Gasteiger partial charge in [0.15, 0.2) is 0 Å². The van der Waals surface area contributed by atoms with Crippen LogP contribution in [0, 0.1) is 19.8 Å². The number of rotatable bonds is 9. The normalized spacial score (nSPS) is 10.9. The predicted octanol–water partition coefficient (Wildman–Crippen LogP) is 0.577. The maximum atomic E-state index is 12.0. The molecule has 0 fully saturated rings. The molecule has 2 N–H and O–H groups in total. The lowest BCUT2D eigenvalue weighted by atomic mass is 10.1. The van der Waals surface area contributed by atoms with E-state index in [2.05, 4.69) is 29.6 Å². The van der Waals surface area contributed by atoms with Crippen molar-refractivity contribution in [3.63, 3.8) is 0 Å². The van der Waals surface area contributed by atoms with E-state index in [0.29, 0.717) is 19.1 Å². The third kappa shape index (κ3) is 6.40. The second kappa shape index (κ2) is 9.29. The summed E-state index contributed by atoms with van der Waals surface area (Å²) in [5.74, 6) is 0.0898. The fraction of sp³-hybridized carbons (Fsp3) is 0.688. The second-order valence-corrected chi connectivity index (χ2v) is 6.02.